The predicted octanol–water partition coefficient (Wildman–Crippen LogP) is 0.908. The number of aromatic nitrogens is 2. The number of nitrogens with two attached hydrogens (primary N) is 1. The van der Waals surface area contributed by atoms with Crippen LogP contribution in [0.2, 0.25) is 0 Å². The normalized spacial score (nSPS) is 25.5. The van der Waals surface area contributed by atoms with E-state index < -0.39 is 5.91 Å². The highest BCUT2D eigenvalue weighted by atomic mass is 16.3. The van der Waals surface area contributed by atoms with Crippen LogP contribution in [-0.4, -0.2) is 27.4 Å². The van der Waals surface area contributed by atoms with Gasteiger partial charge < -0.3 is 10.8 Å². The average Bonchev–Trinajstić information content (AvgIpc) is 2.84. The summed E-state index contributed by atoms with van der Waals surface area (Å²) < 4.78 is 1.91. The van der Waals surface area contributed by atoms with Gasteiger partial charge in [0.05, 0.1) is 6.54 Å². The second-order valence-corrected chi connectivity index (χ2v) is 5.96. The van der Waals surface area contributed by atoms with Gasteiger partial charge in [0.15, 0.2) is 5.69 Å². The van der Waals surface area contributed by atoms with Gasteiger partial charge in [0, 0.05) is 23.8 Å². The summed E-state index contributed by atoms with van der Waals surface area (Å²) in [6, 6.07) is 10.0. The first-order valence-electron chi connectivity index (χ1n) is 7.25. The quantitative estimate of drug-likeness (QED) is 0.875. The molecule has 0 aliphatic heterocycles. The van der Waals surface area contributed by atoms with Crippen LogP contribution in [0.15, 0.2) is 30.3 Å². The molecule has 21 heavy (non-hydrogen) atoms. The van der Waals surface area contributed by atoms with Crippen molar-refractivity contribution < 1.29 is 9.90 Å². The maximum Gasteiger partial charge on any atom is 0.269 e. The second kappa shape index (κ2) is 4.43. The van der Waals surface area contributed by atoms with Crippen LogP contribution in [-0.2, 0) is 13.0 Å². The molecule has 1 fully saturated rings. The van der Waals surface area contributed by atoms with Crippen molar-refractivity contribution >= 4 is 5.91 Å². The molecule has 2 aliphatic rings. The minimum atomic E-state index is -0.458. The van der Waals surface area contributed by atoms with Gasteiger partial charge in [-0.15, -0.1) is 0 Å². The number of nitrogens with zero attached hydrogens (tertiary/aromatic N) is 2. The smallest absolute Gasteiger partial charge is 0.269 e. The molecule has 5 heteroatoms. The van der Waals surface area contributed by atoms with Crippen LogP contribution < -0.4 is 5.73 Å². The number of fused-ring (bicyclic) bond motifs is 3. The van der Waals surface area contributed by atoms with E-state index in [-0.39, 0.29) is 6.61 Å². The fraction of sp³-hybridized carbons (Fsp3) is 0.375. The molecular weight excluding hydrogens is 266 g/mol. The molecule has 1 aromatic carbocycles. The Morgan fingerprint density at radius 1 is 1.38 bits per heavy atom. The van der Waals surface area contributed by atoms with E-state index in [0.29, 0.717) is 30.0 Å². The van der Waals surface area contributed by atoms with Crippen LogP contribution in [0.4, 0.5) is 0 Å². The molecule has 1 heterocycles. The van der Waals surface area contributed by atoms with Gasteiger partial charge in [-0.3, -0.25) is 9.48 Å². The SMILES string of the molecule is NC(=O)c1nn(Cc2ccccc2)c2c1C[C@H]1[C@H](CO)[C@@H]21. The number of carbonyl (C=O) groups is 1. The summed E-state index contributed by atoms with van der Waals surface area (Å²) in [4.78, 5) is 11.6. The van der Waals surface area contributed by atoms with Crippen molar-refractivity contribution in [2.75, 3.05) is 6.61 Å². The molecule has 2 aromatic rings. The van der Waals surface area contributed by atoms with E-state index in [0.717, 1.165) is 23.2 Å². The molecule has 0 saturated heterocycles. The molecule has 108 valence electrons. The van der Waals surface area contributed by atoms with E-state index in [1.807, 2.05) is 35.0 Å². The van der Waals surface area contributed by atoms with Gasteiger partial charge in [0.2, 0.25) is 0 Å². The van der Waals surface area contributed by atoms with E-state index in [1.165, 1.54) is 0 Å². The van der Waals surface area contributed by atoms with E-state index in [4.69, 9.17) is 5.73 Å². The molecule has 3 N–H and O–H groups in total. The van der Waals surface area contributed by atoms with Gasteiger partial charge >= 0.3 is 0 Å². The van der Waals surface area contributed by atoms with Crippen molar-refractivity contribution in [1.29, 1.82) is 0 Å². The highest BCUT2D eigenvalue weighted by Crippen LogP contribution is 2.61. The molecular formula is C16H17N3O2. The minimum absolute atomic E-state index is 0.206. The molecule has 1 amide bonds. The molecule has 0 radical (unpaired) electrons. The van der Waals surface area contributed by atoms with Crippen LogP contribution >= 0.6 is 0 Å². The van der Waals surface area contributed by atoms with Gasteiger partial charge in [0.25, 0.3) is 5.91 Å². The minimum Gasteiger partial charge on any atom is -0.396 e. The van der Waals surface area contributed by atoms with Crippen LogP contribution in [0, 0.1) is 11.8 Å². The van der Waals surface area contributed by atoms with E-state index in [9.17, 15) is 9.90 Å². The number of aliphatic hydroxyl groups excluding tert-OH is 1. The summed E-state index contributed by atoms with van der Waals surface area (Å²) in [5.74, 6) is 0.668. The summed E-state index contributed by atoms with van der Waals surface area (Å²) in [5, 5.41) is 13.8. The molecule has 3 atom stereocenters. The number of rotatable bonds is 4. The molecule has 0 unspecified atom stereocenters. The molecule has 2 aliphatic carbocycles. The van der Waals surface area contributed by atoms with Gasteiger partial charge in [0.1, 0.15) is 0 Å². The Balaban J connectivity index is 1.74. The topological polar surface area (TPSA) is 81.1 Å². The summed E-state index contributed by atoms with van der Waals surface area (Å²) in [5.41, 5.74) is 9.11. The van der Waals surface area contributed by atoms with Crippen molar-refractivity contribution in [3.63, 3.8) is 0 Å². The molecule has 4 rings (SSSR count). The lowest BCUT2D eigenvalue weighted by atomic mass is 10.1. The molecule has 5 nitrogen and oxygen atoms in total. The fourth-order valence-electron chi connectivity index (χ4n) is 3.77. The Labute approximate surface area is 122 Å². The van der Waals surface area contributed by atoms with E-state index in [2.05, 4.69) is 5.10 Å². The predicted molar refractivity (Wildman–Crippen MR) is 76.8 cm³/mol. The van der Waals surface area contributed by atoms with Crippen LogP contribution in [0.5, 0.6) is 0 Å². The third kappa shape index (κ3) is 1.81. The van der Waals surface area contributed by atoms with Crippen LogP contribution in [0.3, 0.4) is 0 Å². The first-order chi connectivity index (χ1) is 10.2. The molecule has 1 aromatic heterocycles. The Bertz CT molecular complexity index is 708. The van der Waals surface area contributed by atoms with Crippen molar-refractivity contribution in [3.05, 3.63) is 52.8 Å². The summed E-state index contributed by atoms with van der Waals surface area (Å²) in [6.07, 6.45) is 0.818. The summed E-state index contributed by atoms with van der Waals surface area (Å²) >= 11 is 0. The maximum absolute atomic E-state index is 11.6. The molecule has 1 saturated carbocycles. The largest absolute Gasteiger partial charge is 0.396 e. The standard InChI is InChI=1S/C16H17N3O2/c17-16(21)14-11-6-10-12(8-20)13(10)15(11)19(18-14)7-9-4-2-1-3-5-9/h1-5,10,12-13,20H,6-8H2,(H2,17,21)/t10-,12-,13-/m0/s1. The number of carbonyl (C=O) groups excluding carboxylic acids is 1. The van der Waals surface area contributed by atoms with Crippen molar-refractivity contribution in [1.82, 2.24) is 9.78 Å². The summed E-state index contributed by atoms with van der Waals surface area (Å²) in [7, 11) is 0. The van der Waals surface area contributed by atoms with Crippen LogP contribution in [0.25, 0.3) is 0 Å². The van der Waals surface area contributed by atoms with Crippen molar-refractivity contribution in [2.24, 2.45) is 17.6 Å². The zero-order chi connectivity index (χ0) is 14.6. The van der Waals surface area contributed by atoms with Crippen molar-refractivity contribution in [3.8, 4) is 0 Å². The van der Waals surface area contributed by atoms with Gasteiger partial charge in [-0.05, 0) is 23.8 Å². The highest BCUT2D eigenvalue weighted by Gasteiger charge is 2.58. The number of hydrogen-bond acceptors (Lipinski definition) is 3. The third-order valence-electron chi connectivity index (χ3n) is 4.80. The van der Waals surface area contributed by atoms with Gasteiger partial charge in [-0.1, -0.05) is 30.3 Å². The maximum atomic E-state index is 11.6. The number of amides is 1. The lowest BCUT2D eigenvalue weighted by molar-refractivity contribution is 0.0994. The lowest BCUT2D eigenvalue weighted by Gasteiger charge is -2.07. The highest BCUT2D eigenvalue weighted by molar-refractivity contribution is 5.93. The van der Waals surface area contributed by atoms with Gasteiger partial charge in [-0.25, -0.2) is 0 Å². The number of primary amides is 1. The van der Waals surface area contributed by atoms with E-state index >= 15 is 0 Å². The third-order valence-corrected chi connectivity index (χ3v) is 4.80. The number of hydrogen-bond donors (Lipinski definition) is 2. The Kier molecular flexibility index (Phi) is 2.65. The zero-order valence-corrected chi connectivity index (χ0v) is 11.6. The first-order valence-corrected chi connectivity index (χ1v) is 7.25. The zero-order valence-electron chi connectivity index (χ0n) is 11.6. The number of aliphatic hydroxyl groups is 1. The average molecular weight is 283 g/mol. The Morgan fingerprint density at radius 3 is 2.81 bits per heavy atom. The fourth-order valence-corrected chi connectivity index (χ4v) is 3.77. The second-order valence-electron chi connectivity index (χ2n) is 5.96. The lowest BCUT2D eigenvalue weighted by Crippen LogP contribution is -2.15. The summed E-state index contributed by atoms with van der Waals surface area (Å²) in [6.45, 7) is 0.842. The monoisotopic (exact) mass is 283 g/mol. The molecule has 0 bridgehead atoms. The van der Waals surface area contributed by atoms with Crippen LogP contribution in [0.1, 0.15) is 33.2 Å². The van der Waals surface area contributed by atoms with E-state index in [1.54, 1.807) is 0 Å². The molecule has 0 spiro atoms. The number of benzene rings is 1. The van der Waals surface area contributed by atoms with Crippen molar-refractivity contribution in [2.45, 2.75) is 18.9 Å². The van der Waals surface area contributed by atoms with Gasteiger partial charge in [-0.2, -0.15) is 5.10 Å². The Hall–Kier alpha value is -2.14. The first kappa shape index (κ1) is 12.6. The Morgan fingerprint density at radius 2 is 2.14 bits per heavy atom.